The van der Waals surface area contributed by atoms with Crippen LogP contribution in [0.2, 0.25) is 0 Å². The molecule has 1 atom stereocenters. The number of nitrogens with zero attached hydrogens (tertiary/aromatic N) is 1. The van der Waals surface area contributed by atoms with E-state index in [-0.39, 0.29) is 30.3 Å². The molecule has 0 spiro atoms. The van der Waals surface area contributed by atoms with E-state index in [0.717, 1.165) is 4.31 Å². The number of piperidine rings is 1. The molecule has 1 aliphatic rings. The summed E-state index contributed by atoms with van der Waals surface area (Å²) in [5.74, 6) is -3.57. The van der Waals surface area contributed by atoms with Gasteiger partial charge in [0.15, 0.2) is 0 Å². The van der Waals surface area contributed by atoms with Crippen molar-refractivity contribution in [3.8, 4) is 0 Å². The largest absolute Gasteiger partial charge is 0.354 e. The number of hydrogen-bond donors (Lipinski definition) is 2. The molecule has 6 nitrogen and oxygen atoms in total. The van der Waals surface area contributed by atoms with Gasteiger partial charge in [-0.1, -0.05) is 20.8 Å². The van der Waals surface area contributed by atoms with Gasteiger partial charge < -0.3 is 11.1 Å². The predicted molar refractivity (Wildman–Crippen MR) is 79.7 cm³/mol. The first kappa shape index (κ1) is 19.2. The fourth-order valence-corrected chi connectivity index (χ4v) is 3.17. The van der Waals surface area contributed by atoms with Crippen LogP contribution in [0.4, 0.5) is 8.78 Å². The number of carbonyl (C=O) groups is 1. The minimum absolute atomic E-state index is 0.0541. The second-order valence-corrected chi connectivity index (χ2v) is 8.64. The van der Waals surface area contributed by atoms with Gasteiger partial charge in [0.2, 0.25) is 5.91 Å². The summed E-state index contributed by atoms with van der Waals surface area (Å²) in [4.78, 5) is 11.9. The normalized spacial score (nSPS) is 20.1. The van der Waals surface area contributed by atoms with Gasteiger partial charge in [-0.3, -0.25) is 4.79 Å². The van der Waals surface area contributed by atoms with Crippen molar-refractivity contribution in [3.63, 3.8) is 0 Å². The van der Waals surface area contributed by atoms with E-state index >= 15 is 0 Å². The van der Waals surface area contributed by atoms with Gasteiger partial charge in [-0.2, -0.15) is 13.1 Å². The molecule has 1 saturated heterocycles. The first-order chi connectivity index (χ1) is 9.96. The van der Waals surface area contributed by atoms with Crippen LogP contribution in [0.25, 0.3) is 0 Å². The molecule has 0 aromatic heterocycles. The predicted octanol–water partition coefficient (Wildman–Crippen LogP) is 0.740. The van der Waals surface area contributed by atoms with Gasteiger partial charge in [0, 0.05) is 19.6 Å². The number of rotatable bonds is 5. The first-order valence-electron chi connectivity index (χ1n) is 7.26. The lowest BCUT2D eigenvalue weighted by atomic mass is 9.87. The fourth-order valence-electron chi connectivity index (χ4n) is 2.23. The Balaban J connectivity index is 2.43. The molecule has 0 aromatic carbocycles. The molecule has 22 heavy (non-hydrogen) atoms. The molecule has 0 aliphatic carbocycles. The number of amides is 1. The lowest BCUT2D eigenvalue weighted by Gasteiger charge is -2.32. The van der Waals surface area contributed by atoms with E-state index in [1.165, 1.54) is 0 Å². The smallest absolute Gasteiger partial charge is 0.350 e. The van der Waals surface area contributed by atoms with Gasteiger partial charge in [0.1, 0.15) is 0 Å². The maximum absolute atomic E-state index is 12.4. The Hall–Kier alpha value is -0.800. The average Bonchev–Trinajstić information content (AvgIpc) is 2.43. The summed E-state index contributed by atoms with van der Waals surface area (Å²) in [6, 6.07) is -0.633. The lowest BCUT2D eigenvalue weighted by molar-refractivity contribution is -0.124. The third-order valence-corrected chi connectivity index (χ3v) is 5.47. The third kappa shape index (κ3) is 4.85. The van der Waals surface area contributed by atoms with Crippen LogP contribution in [-0.4, -0.2) is 50.1 Å². The number of hydrogen-bond acceptors (Lipinski definition) is 4. The molecule has 0 radical (unpaired) electrons. The van der Waals surface area contributed by atoms with Crippen LogP contribution in [0.15, 0.2) is 0 Å². The van der Waals surface area contributed by atoms with Crippen LogP contribution in [0, 0.1) is 11.3 Å². The van der Waals surface area contributed by atoms with Gasteiger partial charge in [-0.15, -0.1) is 0 Å². The number of halogens is 2. The van der Waals surface area contributed by atoms with Gasteiger partial charge in [-0.25, -0.2) is 8.42 Å². The topological polar surface area (TPSA) is 92.5 Å². The van der Waals surface area contributed by atoms with Gasteiger partial charge in [0.05, 0.1) is 6.04 Å². The Morgan fingerprint density at radius 1 is 1.32 bits per heavy atom. The molecular formula is C13H25F2N3O3S. The molecule has 0 saturated carbocycles. The summed E-state index contributed by atoms with van der Waals surface area (Å²) < 4.78 is 48.4. The van der Waals surface area contributed by atoms with Crippen LogP contribution >= 0.6 is 0 Å². The van der Waals surface area contributed by atoms with Crippen LogP contribution in [0.5, 0.6) is 0 Å². The second kappa shape index (κ2) is 7.18. The summed E-state index contributed by atoms with van der Waals surface area (Å²) in [7, 11) is -4.49. The number of alkyl halides is 2. The van der Waals surface area contributed by atoms with Crippen LogP contribution in [0.3, 0.4) is 0 Å². The van der Waals surface area contributed by atoms with Gasteiger partial charge in [0.25, 0.3) is 10.0 Å². The van der Waals surface area contributed by atoms with Crippen molar-refractivity contribution in [2.24, 2.45) is 17.1 Å². The highest BCUT2D eigenvalue weighted by atomic mass is 32.2. The Morgan fingerprint density at radius 2 is 1.82 bits per heavy atom. The molecule has 1 fully saturated rings. The molecule has 9 heteroatoms. The molecule has 1 rings (SSSR count). The van der Waals surface area contributed by atoms with Gasteiger partial charge in [-0.05, 0) is 24.2 Å². The zero-order chi connectivity index (χ0) is 17.1. The van der Waals surface area contributed by atoms with Crippen molar-refractivity contribution in [2.45, 2.75) is 45.4 Å². The highest BCUT2D eigenvalue weighted by molar-refractivity contribution is 7.89. The van der Waals surface area contributed by atoms with Crippen molar-refractivity contribution in [3.05, 3.63) is 0 Å². The standard InChI is InChI=1S/C13H25F2N3O3S/c1-13(2,3)10(16)11(19)17-8-9-4-6-18(7-5-9)22(20,21)12(14)15/h9-10,12H,4-8,16H2,1-3H3,(H,17,19)/t10-/m1/s1. The number of nitrogens with two attached hydrogens (primary N) is 1. The lowest BCUT2D eigenvalue weighted by Crippen LogP contribution is -2.50. The zero-order valence-corrected chi connectivity index (χ0v) is 14.0. The van der Waals surface area contributed by atoms with Crippen molar-refractivity contribution in [1.29, 1.82) is 0 Å². The summed E-state index contributed by atoms with van der Waals surface area (Å²) in [5.41, 5.74) is 5.49. The average molecular weight is 341 g/mol. The number of nitrogens with one attached hydrogen (secondary N) is 1. The highest BCUT2D eigenvalue weighted by Gasteiger charge is 2.35. The first-order valence-corrected chi connectivity index (χ1v) is 8.77. The Morgan fingerprint density at radius 3 is 2.23 bits per heavy atom. The Bertz CT molecular complexity index is 483. The van der Waals surface area contributed by atoms with Crippen molar-refractivity contribution < 1.29 is 22.0 Å². The fraction of sp³-hybridized carbons (Fsp3) is 0.923. The minimum atomic E-state index is -4.49. The quantitative estimate of drug-likeness (QED) is 0.771. The monoisotopic (exact) mass is 341 g/mol. The second-order valence-electron chi connectivity index (χ2n) is 6.74. The molecule has 0 unspecified atom stereocenters. The van der Waals surface area contributed by atoms with Gasteiger partial charge >= 0.3 is 5.76 Å². The van der Waals surface area contributed by atoms with E-state index in [9.17, 15) is 22.0 Å². The van der Waals surface area contributed by atoms with Crippen LogP contribution in [-0.2, 0) is 14.8 Å². The molecule has 1 amide bonds. The molecule has 0 bridgehead atoms. The summed E-state index contributed by atoms with van der Waals surface area (Å²) in [5, 5.41) is 2.75. The van der Waals surface area contributed by atoms with E-state index in [4.69, 9.17) is 5.73 Å². The summed E-state index contributed by atoms with van der Waals surface area (Å²) in [6.07, 6.45) is 0.883. The van der Waals surface area contributed by atoms with Crippen molar-refractivity contribution in [1.82, 2.24) is 9.62 Å². The highest BCUT2D eigenvalue weighted by Crippen LogP contribution is 2.22. The Kier molecular flexibility index (Phi) is 6.28. The third-order valence-electron chi connectivity index (χ3n) is 3.94. The zero-order valence-electron chi connectivity index (χ0n) is 13.2. The van der Waals surface area contributed by atoms with Crippen LogP contribution < -0.4 is 11.1 Å². The van der Waals surface area contributed by atoms with E-state index in [0.29, 0.717) is 19.4 Å². The molecule has 130 valence electrons. The Labute approximate surface area is 130 Å². The van der Waals surface area contributed by atoms with Crippen molar-refractivity contribution in [2.75, 3.05) is 19.6 Å². The van der Waals surface area contributed by atoms with E-state index in [1.807, 2.05) is 20.8 Å². The van der Waals surface area contributed by atoms with Crippen molar-refractivity contribution >= 4 is 15.9 Å². The van der Waals surface area contributed by atoms with E-state index in [1.54, 1.807) is 0 Å². The number of sulfonamides is 1. The molecule has 1 aliphatic heterocycles. The molecule has 1 heterocycles. The summed E-state index contributed by atoms with van der Waals surface area (Å²) >= 11 is 0. The SMILES string of the molecule is CC(C)(C)[C@H](N)C(=O)NCC1CCN(S(=O)(=O)C(F)F)CC1. The maximum Gasteiger partial charge on any atom is 0.350 e. The molecular weight excluding hydrogens is 316 g/mol. The van der Waals surface area contributed by atoms with Crippen LogP contribution in [0.1, 0.15) is 33.6 Å². The summed E-state index contributed by atoms with van der Waals surface area (Å²) in [6.45, 7) is 6.09. The van der Waals surface area contributed by atoms with E-state index in [2.05, 4.69) is 5.32 Å². The maximum atomic E-state index is 12.4. The minimum Gasteiger partial charge on any atom is -0.354 e. The molecule has 3 N–H and O–H groups in total. The molecule has 0 aromatic rings. The number of carbonyl (C=O) groups excluding carboxylic acids is 1. The van der Waals surface area contributed by atoms with E-state index < -0.39 is 21.8 Å².